The van der Waals surface area contributed by atoms with Crippen molar-refractivity contribution in [2.24, 2.45) is 0 Å². The fraction of sp³-hybridized carbons (Fsp3) is 0.217. The minimum atomic E-state index is -3.19. The summed E-state index contributed by atoms with van der Waals surface area (Å²) in [6.07, 6.45) is 0. The zero-order valence-electron chi connectivity index (χ0n) is 15.8. The fourth-order valence-corrected chi connectivity index (χ4v) is 5.78. The molecular formula is C23H26NO2P. The molecule has 1 unspecified atom stereocenters. The third kappa shape index (κ3) is 4.56. The molecule has 0 aromatic heterocycles. The van der Waals surface area contributed by atoms with Crippen molar-refractivity contribution in [1.82, 2.24) is 5.32 Å². The van der Waals surface area contributed by atoms with E-state index >= 15 is 0 Å². The molecule has 27 heavy (non-hydrogen) atoms. The summed E-state index contributed by atoms with van der Waals surface area (Å²) in [6, 6.07) is 29.7. The van der Waals surface area contributed by atoms with Gasteiger partial charge in [0.1, 0.15) is 5.78 Å². The van der Waals surface area contributed by atoms with Crippen LogP contribution >= 0.6 is 7.37 Å². The van der Waals surface area contributed by atoms with E-state index in [2.05, 4.69) is 24.4 Å². The van der Waals surface area contributed by atoms with Gasteiger partial charge in [-0.15, -0.1) is 0 Å². The molecule has 4 heteroatoms. The Morgan fingerprint density at radius 2 is 1.30 bits per heavy atom. The van der Waals surface area contributed by atoms with Gasteiger partial charge in [-0.25, -0.2) is 0 Å². The molecule has 0 saturated heterocycles. The number of rotatable bonds is 8. The Kier molecular flexibility index (Phi) is 6.63. The van der Waals surface area contributed by atoms with E-state index in [0.717, 1.165) is 16.4 Å². The van der Waals surface area contributed by atoms with Crippen molar-refractivity contribution in [3.05, 3.63) is 102 Å². The number of hydrogen-bond acceptors (Lipinski definition) is 3. The number of nitrogens with one attached hydrogen (secondary N) is 1. The third-order valence-corrected chi connectivity index (χ3v) is 7.39. The Morgan fingerprint density at radius 3 is 1.81 bits per heavy atom. The predicted molar refractivity (Wildman–Crippen MR) is 112 cm³/mol. The van der Waals surface area contributed by atoms with Crippen LogP contribution in [0.3, 0.4) is 0 Å². The minimum Gasteiger partial charge on any atom is -0.324 e. The summed E-state index contributed by atoms with van der Waals surface area (Å²) in [5, 5.41) is 4.32. The molecule has 0 fully saturated rings. The lowest BCUT2D eigenvalue weighted by molar-refractivity contribution is 0.324. The monoisotopic (exact) mass is 379 g/mol. The van der Waals surface area contributed by atoms with Gasteiger partial charge in [-0.2, -0.15) is 0 Å². The first-order valence-electron chi connectivity index (χ1n) is 9.31. The van der Waals surface area contributed by atoms with E-state index < -0.39 is 13.2 Å². The van der Waals surface area contributed by atoms with Crippen LogP contribution in [0.4, 0.5) is 0 Å². The highest BCUT2D eigenvalue weighted by Gasteiger charge is 2.38. The lowest BCUT2D eigenvalue weighted by Crippen LogP contribution is -2.29. The highest BCUT2D eigenvalue weighted by molar-refractivity contribution is 7.67. The fourth-order valence-electron chi connectivity index (χ4n) is 3.23. The van der Waals surface area contributed by atoms with Crippen LogP contribution in [0.1, 0.15) is 36.8 Å². The first kappa shape index (κ1) is 19.6. The number of benzene rings is 3. The van der Waals surface area contributed by atoms with Crippen molar-refractivity contribution in [3.63, 3.8) is 0 Å². The molecule has 0 aliphatic heterocycles. The largest absolute Gasteiger partial charge is 0.324 e. The second kappa shape index (κ2) is 9.14. The Morgan fingerprint density at radius 1 is 0.815 bits per heavy atom. The lowest BCUT2D eigenvalue weighted by Gasteiger charge is -2.31. The molecule has 0 aliphatic rings. The van der Waals surface area contributed by atoms with E-state index in [1.54, 1.807) is 0 Å². The molecule has 0 heterocycles. The van der Waals surface area contributed by atoms with Gasteiger partial charge >= 0.3 is 0 Å². The van der Waals surface area contributed by atoms with Crippen molar-refractivity contribution in [2.75, 3.05) is 6.61 Å². The van der Waals surface area contributed by atoms with Crippen molar-refractivity contribution < 1.29 is 9.09 Å². The van der Waals surface area contributed by atoms with Crippen LogP contribution in [0.25, 0.3) is 0 Å². The summed E-state index contributed by atoms with van der Waals surface area (Å²) in [4.78, 5) is 0. The van der Waals surface area contributed by atoms with E-state index in [1.807, 2.05) is 85.8 Å². The smallest absolute Gasteiger partial charge is 0.252 e. The molecule has 3 aromatic carbocycles. The zero-order chi connectivity index (χ0) is 19.1. The quantitative estimate of drug-likeness (QED) is 0.512. The molecule has 3 aromatic rings. The molecule has 3 nitrogen and oxygen atoms in total. The van der Waals surface area contributed by atoms with Gasteiger partial charge in [0.2, 0.25) is 0 Å². The van der Waals surface area contributed by atoms with Crippen molar-refractivity contribution >= 4 is 12.7 Å². The highest BCUT2D eigenvalue weighted by Crippen LogP contribution is 2.58. The SMILES string of the molecule is CCOP(=O)(c1ccccc1)[C@@H](N[C@@H](C)c1ccccc1)c1ccccc1. The van der Waals surface area contributed by atoms with E-state index in [0.29, 0.717) is 6.61 Å². The van der Waals surface area contributed by atoms with Crippen LogP contribution in [-0.4, -0.2) is 6.61 Å². The van der Waals surface area contributed by atoms with Gasteiger partial charge in [-0.3, -0.25) is 9.88 Å². The predicted octanol–water partition coefficient (Wildman–Crippen LogP) is 5.68. The second-order valence-corrected chi connectivity index (χ2v) is 8.95. The third-order valence-electron chi connectivity index (χ3n) is 4.60. The summed E-state index contributed by atoms with van der Waals surface area (Å²) in [5.74, 6) is -0.434. The topological polar surface area (TPSA) is 38.3 Å². The summed E-state index contributed by atoms with van der Waals surface area (Å²) >= 11 is 0. The maximum atomic E-state index is 14.2. The van der Waals surface area contributed by atoms with E-state index in [1.165, 1.54) is 0 Å². The molecule has 0 amide bonds. The summed E-state index contributed by atoms with van der Waals surface area (Å²) in [5.41, 5.74) is 2.11. The second-order valence-electron chi connectivity index (χ2n) is 6.46. The first-order valence-corrected chi connectivity index (χ1v) is 11.0. The van der Waals surface area contributed by atoms with Gasteiger partial charge in [0, 0.05) is 11.3 Å². The van der Waals surface area contributed by atoms with Crippen LogP contribution < -0.4 is 10.6 Å². The van der Waals surface area contributed by atoms with Gasteiger partial charge in [0.25, 0.3) is 7.37 Å². The Balaban J connectivity index is 2.04. The van der Waals surface area contributed by atoms with Gasteiger partial charge in [0.15, 0.2) is 0 Å². The van der Waals surface area contributed by atoms with Crippen LogP contribution in [0.15, 0.2) is 91.0 Å². The molecule has 0 bridgehead atoms. The highest BCUT2D eigenvalue weighted by atomic mass is 31.2. The first-order chi connectivity index (χ1) is 13.1. The molecule has 0 radical (unpaired) electrons. The van der Waals surface area contributed by atoms with Gasteiger partial charge in [0.05, 0.1) is 6.61 Å². The summed E-state index contributed by atoms with van der Waals surface area (Å²) in [7, 11) is -3.19. The number of hydrogen-bond donors (Lipinski definition) is 1. The van der Waals surface area contributed by atoms with Crippen LogP contribution in [-0.2, 0) is 9.09 Å². The maximum absolute atomic E-state index is 14.2. The van der Waals surface area contributed by atoms with E-state index in [-0.39, 0.29) is 6.04 Å². The summed E-state index contributed by atoms with van der Waals surface area (Å²) < 4.78 is 20.2. The molecule has 0 saturated carbocycles. The standard InChI is InChI=1S/C23H26NO2P/c1-3-26-27(25,22-17-11-6-12-18-22)23(21-15-9-5-10-16-21)24-19(2)20-13-7-4-8-14-20/h4-19,23-24H,3H2,1-2H3/t19-,23+,27?/m0/s1. The van der Waals surface area contributed by atoms with Crippen molar-refractivity contribution in [2.45, 2.75) is 25.7 Å². The molecule has 3 atom stereocenters. The van der Waals surface area contributed by atoms with Crippen LogP contribution in [0.5, 0.6) is 0 Å². The van der Waals surface area contributed by atoms with E-state index in [9.17, 15) is 4.57 Å². The van der Waals surface area contributed by atoms with Crippen LogP contribution in [0.2, 0.25) is 0 Å². The molecule has 140 valence electrons. The average Bonchev–Trinajstić information content (AvgIpc) is 2.74. The Labute approximate surface area is 161 Å². The minimum absolute atomic E-state index is 0.0221. The van der Waals surface area contributed by atoms with Gasteiger partial charge < -0.3 is 4.52 Å². The Bertz CT molecular complexity index is 869. The molecule has 0 spiro atoms. The normalized spacial score (nSPS) is 15.6. The zero-order valence-corrected chi connectivity index (χ0v) is 16.7. The van der Waals surface area contributed by atoms with Crippen LogP contribution in [0, 0.1) is 0 Å². The molecular weight excluding hydrogens is 353 g/mol. The van der Waals surface area contributed by atoms with Crippen molar-refractivity contribution in [3.8, 4) is 0 Å². The summed E-state index contributed by atoms with van der Waals surface area (Å²) in [6.45, 7) is 4.36. The van der Waals surface area contributed by atoms with Crippen molar-refractivity contribution in [1.29, 1.82) is 0 Å². The average molecular weight is 379 g/mol. The molecule has 3 rings (SSSR count). The lowest BCUT2D eigenvalue weighted by atomic mass is 10.1. The van der Waals surface area contributed by atoms with Gasteiger partial charge in [-0.05, 0) is 37.1 Å². The molecule has 1 N–H and O–H groups in total. The molecule has 0 aliphatic carbocycles. The maximum Gasteiger partial charge on any atom is 0.252 e. The Hall–Kier alpha value is -2.19. The van der Waals surface area contributed by atoms with E-state index in [4.69, 9.17) is 4.52 Å². The van der Waals surface area contributed by atoms with Gasteiger partial charge in [-0.1, -0.05) is 78.9 Å².